The van der Waals surface area contributed by atoms with Crippen molar-refractivity contribution in [1.82, 2.24) is 10.5 Å². The van der Waals surface area contributed by atoms with Gasteiger partial charge in [-0.3, -0.25) is 10.1 Å². The summed E-state index contributed by atoms with van der Waals surface area (Å²) in [5.74, 6) is 0.629. The van der Waals surface area contributed by atoms with Gasteiger partial charge in [0, 0.05) is 17.6 Å². The lowest BCUT2D eigenvalue weighted by molar-refractivity contribution is -0.386. The molecule has 8 nitrogen and oxygen atoms in total. The number of aliphatic hydroxyl groups excluding tert-OH is 1. The van der Waals surface area contributed by atoms with Gasteiger partial charge in [0.15, 0.2) is 5.69 Å². The maximum Gasteiger partial charge on any atom is 0.338 e. The van der Waals surface area contributed by atoms with Gasteiger partial charge < -0.3 is 19.7 Å². The van der Waals surface area contributed by atoms with Crippen molar-refractivity contribution in [2.45, 2.75) is 39.3 Å². The fourth-order valence-corrected chi connectivity index (χ4v) is 2.30. The smallest absolute Gasteiger partial charge is 0.338 e. The van der Waals surface area contributed by atoms with E-state index in [1.807, 2.05) is 32.9 Å². The predicted molar refractivity (Wildman–Crippen MR) is 103 cm³/mol. The number of aliphatic hydroxyl groups is 1. The number of nitrogens with one attached hydrogen (secondary N) is 1. The fourth-order valence-electron chi connectivity index (χ4n) is 2.30. The normalized spacial score (nSPS) is 13.1. The topological polar surface area (TPSA) is 111 Å². The summed E-state index contributed by atoms with van der Waals surface area (Å²) in [7, 11) is 0. The molecular formula is C19H25N3O5. The first-order chi connectivity index (χ1) is 12.7. The lowest BCUT2D eigenvalue weighted by Crippen LogP contribution is -2.42. The van der Waals surface area contributed by atoms with Crippen molar-refractivity contribution in [3.63, 3.8) is 0 Å². The number of aromatic nitrogens is 1. The van der Waals surface area contributed by atoms with E-state index in [4.69, 9.17) is 9.26 Å². The summed E-state index contributed by atoms with van der Waals surface area (Å²) in [5.41, 5.74) is 0.676. The molecule has 1 aromatic carbocycles. The van der Waals surface area contributed by atoms with E-state index < -0.39 is 11.0 Å². The van der Waals surface area contributed by atoms with Crippen LogP contribution in [0.4, 0.5) is 5.69 Å². The van der Waals surface area contributed by atoms with Gasteiger partial charge in [-0.25, -0.2) is 0 Å². The molecule has 0 fully saturated rings. The van der Waals surface area contributed by atoms with E-state index in [-0.39, 0.29) is 29.3 Å². The zero-order valence-electron chi connectivity index (χ0n) is 15.9. The number of rotatable bonds is 8. The second kappa shape index (κ2) is 8.79. The Labute approximate surface area is 158 Å². The number of para-hydroxylation sites is 1. The van der Waals surface area contributed by atoms with Crippen LogP contribution in [0.15, 0.2) is 28.8 Å². The summed E-state index contributed by atoms with van der Waals surface area (Å²) in [6.07, 6.45) is 2.47. The Bertz CT molecular complexity index is 808. The zero-order valence-corrected chi connectivity index (χ0v) is 15.9. The SMILES string of the molecule is Cc1noc(C=Cc2ccccc2OCC(O)CNC(C)(C)C)c1[N+](=O)[O-]. The summed E-state index contributed by atoms with van der Waals surface area (Å²) >= 11 is 0. The summed E-state index contributed by atoms with van der Waals surface area (Å²) in [5, 5.41) is 28.0. The Morgan fingerprint density at radius 1 is 1.37 bits per heavy atom. The first kappa shape index (κ1) is 20.6. The summed E-state index contributed by atoms with van der Waals surface area (Å²) < 4.78 is 10.7. The first-order valence-corrected chi connectivity index (χ1v) is 8.61. The minimum Gasteiger partial charge on any atom is -0.490 e. The van der Waals surface area contributed by atoms with Crippen LogP contribution in [-0.4, -0.2) is 40.0 Å². The third kappa shape index (κ3) is 6.19. The van der Waals surface area contributed by atoms with E-state index >= 15 is 0 Å². The third-order valence-corrected chi connectivity index (χ3v) is 3.67. The molecule has 2 rings (SSSR count). The Morgan fingerprint density at radius 3 is 2.74 bits per heavy atom. The number of nitro groups is 1. The average molecular weight is 375 g/mol. The first-order valence-electron chi connectivity index (χ1n) is 8.61. The highest BCUT2D eigenvalue weighted by Crippen LogP contribution is 2.26. The molecular weight excluding hydrogens is 350 g/mol. The van der Waals surface area contributed by atoms with Gasteiger partial charge in [-0.05, 0) is 45.9 Å². The van der Waals surface area contributed by atoms with Crippen LogP contribution in [0.2, 0.25) is 0 Å². The number of hydrogen-bond donors (Lipinski definition) is 2. The van der Waals surface area contributed by atoms with Crippen LogP contribution in [0.5, 0.6) is 5.75 Å². The molecule has 0 saturated carbocycles. The molecule has 146 valence electrons. The van der Waals surface area contributed by atoms with Crippen molar-refractivity contribution < 1.29 is 19.3 Å². The molecule has 1 unspecified atom stereocenters. The number of aryl methyl sites for hydroxylation is 1. The highest BCUT2D eigenvalue weighted by atomic mass is 16.6. The maximum atomic E-state index is 11.1. The maximum absolute atomic E-state index is 11.1. The summed E-state index contributed by atoms with van der Waals surface area (Å²) in [4.78, 5) is 10.6. The minimum absolute atomic E-state index is 0.0710. The second-order valence-electron chi connectivity index (χ2n) is 7.20. The quantitative estimate of drug-likeness (QED) is 0.538. The van der Waals surface area contributed by atoms with Gasteiger partial charge >= 0.3 is 5.69 Å². The molecule has 1 heterocycles. The molecule has 0 aliphatic rings. The molecule has 8 heteroatoms. The highest BCUT2D eigenvalue weighted by Gasteiger charge is 2.22. The van der Waals surface area contributed by atoms with Crippen LogP contribution in [0.25, 0.3) is 12.2 Å². The lowest BCUT2D eigenvalue weighted by Gasteiger charge is -2.23. The molecule has 2 aromatic rings. The molecule has 1 aromatic heterocycles. The van der Waals surface area contributed by atoms with Crippen LogP contribution in [0.1, 0.15) is 37.8 Å². The zero-order chi connectivity index (χ0) is 20.0. The number of ether oxygens (including phenoxy) is 1. The molecule has 0 aliphatic heterocycles. The van der Waals surface area contributed by atoms with E-state index in [9.17, 15) is 15.2 Å². The number of β-amino-alcohol motifs (C(OH)–C–C–N with tert-alkyl or cyclic N) is 1. The fraction of sp³-hybridized carbons (Fsp3) is 0.421. The molecule has 0 saturated heterocycles. The monoisotopic (exact) mass is 375 g/mol. The van der Waals surface area contributed by atoms with E-state index in [0.717, 1.165) is 0 Å². The Balaban J connectivity index is 2.07. The molecule has 0 bridgehead atoms. The Morgan fingerprint density at radius 2 is 2.07 bits per heavy atom. The van der Waals surface area contributed by atoms with Crippen LogP contribution >= 0.6 is 0 Å². The van der Waals surface area contributed by atoms with E-state index in [0.29, 0.717) is 17.9 Å². The van der Waals surface area contributed by atoms with E-state index in [2.05, 4.69) is 10.5 Å². The summed E-state index contributed by atoms with van der Waals surface area (Å²) in [6, 6.07) is 7.21. The van der Waals surface area contributed by atoms with Gasteiger partial charge in [0.25, 0.3) is 0 Å². The van der Waals surface area contributed by atoms with Crippen molar-refractivity contribution in [1.29, 1.82) is 0 Å². The number of hydrogen-bond acceptors (Lipinski definition) is 7. The molecule has 2 N–H and O–H groups in total. The average Bonchev–Trinajstić information content (AvgIpc) is 2.97. The van der Waals surface area contributed by atoms with Crippen LogP contribution in [0, 0.1) is 17.0 Å². The van der Waals surface area contributed by atoms with Gasteiger partial charge in [0.05, 0.1) is 4.92 Å². The van der Waals surface area contributed by atoms with E-state index in [1.165, 1.54) is 13.0 Å². The Kier molecular flexibility index (Phi) is 6.70. The largest absolute Gasteiger partial charge is 0.490 e. The van der Waals surface area contributed by atoms with Crippen LogP contribution < -0.4 is 10.1 Å². The predicted octanol–water partition coefficient (Wildman–Crippen LogP) is 3.19. The standard InChI is InChI=1S/C19H25N3O5/c1-13-18(22(24)25)17(27-21-13)10-9-14-7-5-6-8-16(14)26-12-15(23)11-20-19(2,3)4/h5-10,15,20,23H,11-12H2,1-4H3. The van der Waals surface area contributed by atoms with Crippen molar-refractivity contribution in [3.05, 3.63) is 51.4 Å². The molecule has 0 amide bonds. The third-order valence-electron chi connectivity index (χ3n) is 3.67. The van der Waals surface area contributed by atoms with Crippen molar-refractivity contribution in [2.24, 2.45) is 0 Å². The molecule has 0 aliphatic carbocycles. The van der Waals surface area contributed by atoms with Crippen molar-refractivity contribution >= 4 is 17.8 Å². The number of nitrogens with zero attached hydrogens (tertiary/aromatic N) is 2. The number of benzene rings is 1. The summed E-state index contributed by atoms with van der Waals surface area (Å²) in [6.45, 7) is 8.10. The molecule has 0 spiro atoms. The highest BCUT2D eigenvalue weighted by molar-refractivity contribution is 5.74. The van der Waals surface area contributed by atoms with Gasteiger partial charge in [-0.15, -0.1) is 0 Å². The van der Waals surface area contributed by atoms with Crippen LogP contribution in [0.3, 0.4) is 0 Å². The van der Waals surface area contributed by atoms with Gasteiger partial charge in [0.2, 0.25) is 5.76 Å². The Hall–Kier alpha value is -2.71. The second-order valence-corrected chi connectivity index (χ2v) is 7.20. The van der Waals surface area contributed by atoms with Crippen LogP contribution in [-0.2, 0) is 0 Å². The van der Waals surface area contributed by atoms with Gasteiger partial charge in [-0.2, -0.15) is 0 Å². The van der Waals surface area contributed by atoms with Gasteiger partial charge in [-0.1, -0.05) is 23.4 Å². The molecule has 0 radical (unpaired) electrons. The van der Waals surface area contributed by atoms with E-state index in [1.54, 1.807) is 18.2 Å². The van der Waals surface area contributed by atoms with Gasteiger partial charge in [0.1, 0.15) is 18.5 Å². The van der Waals surface area contributed by atoms with Crippen molar-refractivity contribution in [3.8, 4) is 5.75 Å². The van der Waals surface area contributed by atoms with Crippen molar-refractivity contribution in [2.75, 3.05) is 13.2 Å². The lowest BCUT2D eigenvalue weighted by atomic mass is 10.1. The minimum atomic E-state index is -0.667. The molecule has 1 atom stereocenters. The molecule has 27 heavy (non-hydrogen) atoms.